The van der Waals surface area contributed by atoms with Crippen molar-refractivity contribution >= 4 is 48.0 Å². The van der Waals surface area contributed by atoms with Crippen LogP contribution < -0.4 is 44.2 Å². The molecule has 216 valence electrons. The molecular formula is C20H42N8O8S. The largest absolute Gasteiger partial charge is 0.480 e. The van der Waals surface area contributed by atoms with Crippen LogP contribution in [-0.4, -0.2) is 109 Å². The molecule has 16 nitrogen and oxygen atoms in total. The predicted octanol–water partition coefficient (Wildman–Crippen LogP) is -4.85. The summed E-state index contributed by atoms with van der Waals surface area (Å²) in [5.74, 6) is -3.17. The second kappa shape index (κ2) is 23.7. The maximum absolute atomic E-state index is 12.1. The van der Waals surface area contributed by atoms with Crippen molar-refractivity contribution in [1.29, 1.82) is 0 Å². The van der Waals surface area contributed by atoms with E-state index in [9.17, 15) is 28.8 Å². The molecule has 3 unspecified atom stereocenters. The molecule has 0 aromatic rings. The molecule has 0 spiro atoms. The summed E-state index contributed by atoms with van der Waals surface area (Å²) in [7, 11) is 2.81. The van der Waals surface area contributed by atoms with E-state index in [1.807, 2.05) is 0 Å². The number of nitrogens with two attached hydrogens (primary N) is 4. The van der Waals surface area contributed by atoms with Crippen LogP contribution in [0.4, 0.5) is 0 Å². The quantitative estimate of drug-likeness (QED) is 0.0596. The van der Waals surface area contributed by atoms with Crippen molar-refractivity contribution in [2.24, 2.45) is 22.9 Å². The van der Waals surface area contributed by atoms with Gasteiger partial charge in [-0.3, -0.25) is 19.2 Å². The topological polar surface area (TPSA) is 295 Å². The Morgan fingerprint density at radius 2 is 1.65 bits per heavy atom. The molecule has 37 heavy (non-hydrogen) atoms. The summed E-state index contributed by atoms with van der Waals surface area (Å²) in [6.45, 7) is 1.80. The lowest BCUT2D eigenvalue weighted by molar-refractivity contribution is -0.139. The Labute approximate surface area is 220 Å². The number of nitrogens with one attached hydrogen (secondary N) is 4. The van der Waals surface area contributed by atoms with Crippen molar-refractivity contribution < 1.29 is 39.0 Å². The summed E-state index contributed by atoms with van der Waals surface area (Å²) in [6.07, 6.45) is 0.642. The Bertz CT molecular complexity index is 692. The number of thioether (sulfide) groups is 1. The van der Waals surface area contributed by atoms with E-state index >= 15 is 0 Å². The highest BCUT2D eigenvalue weighted by molar-refractivity contribution is 8.00. The second-order valence-corrected chi connectivity index (χ2v) is 8.64. The number of aliphatic carboxylic acids is 1. The van der Waals surface area contributed by atoms with Gasteiger partial charge in [-0.05, 0) is 20.4 Å². The van der Waals surface area contributed by atoms with Gasteiger partial charge in [0.05, 0.1) is 24.0 Å². The first-order valence-corrected chi connectivity index (χ1v) is 12.1. The molecule has 3 atom stereocenters. The standard InChI is InChI=1S/C17H30N6O7S.C2H8N2.CH4O/c1-17(19,20)6-10(7-25)22-14(27)9-31-8-12(15(28)21-4-5-24)23-13(26)3-2-11(18)16(29)30;1-4-2-3;1-2/h5,7,10-12H,2-4,6,8-9,18-20H2,1H3,(H,21,28)(H,22,27)(H,23,26)(H,29,30);4H,2-3H2,1H3;2H,1H3. The first kappa shape index (κ1) is 38.9. The first-order valence-electron chi connectivity index (χ1n) is 11.0. The Morgan fingerprint density at radius 3 is 2.08 bits per heavy atom. The van der Waals surface area contributed by atoms with Crippen LogP contribution >= 0.6 is 11.8 Å². The number of aldehydes is 2. The minimum atomic E-state index is -1.26. The van der Waals surface area contributed by atoms with Crippen LogP contribution in [0.2, 0.25) is 0 Å². The average Bonchev–Trinajstić information content (AvgIpc) is 2.85. The lowest BCUT2D eigenvalue weighted by Crippen LogP contribution is -2.52. The molecule has 0 bridgehead atoms. The number of carbonyl (C=O) groups excluding carboxylic acids is 5. The molecule has 0 aliphatic rings. The van der Waals surface area contributed by atoms with Crippen molar-refractivity contribution in [2.75, 3.05) is 38.9 Å². The molecule has 17 heteroatoms. The molecule has 0 aromatic carbocycles. The molecule has 0 fully saturated rings. The summed E-state index contributed by atoms with van der Waals surface area (Å²) in [5.41, 5.74) is 20.3. The number of carboxylic acid groups (broad SMARTS) is 1. The molecule has 0 heterocycles. The zero-order valence-electron chi connectivity index (χ0n) is 21.4. The highest BCUT2D eigenvalue weighted by Crippen LogP contribution is 2.06. The van der Waals surface area contributed by atoms with E-state index in [4.69, 9.17) is 33.1 Å². The summed E-state index contributed by atoms with van der Waals surface area (Å²) in [5, 5.41) is 25.6. The van der Waals surface area contributed by atoms with Gasteiger partial charge in [-0.1, -0.05) is 0 Å². The van der Waals surface area contributed by atoms with E-state index < -0.39 is 47.5 Å². The normalized spacial score (nSPS) is 12.6. The lowest BCUT2D eigenvalue weighted by Gasteiger charge is -2.23. The van der Waals surface area contributed by atoms with Gasteiger partial charge in [-0.25, -0.2) is 0 Å². The number of hydrogen-bond donors (Lipinski definition) is 10. The maximum Gasteiger partial charge on any atom is 0.320 e. The van der Waals surface area contributed by atoms with Gasteiger partial charge in [0, 0.05) is 32.4 Å². The van der Waals surface area contributed by atoms with Crippen molar-refractivity contribution in [3.63, 3.8) is 0 Å². The summed E-state index contributed by atoms with van der Waals surface area (Å²) in [6, 6.07) is -3.18. The Morgan fingerprint density at radius 1 is 1.08 bits per heavy atom. The summed E-state index contributed by atoms with van der Waals surface area (Å²) >= 11 is 1.000. The molecule has 14 N–H and O–H groups in total. The van der Waals surface area contributed by atoms with Crippen molar-refractivity contribution in [1.82, 2.24) is 21.3 Å². The minimum Gasteiger partial charge on any atom is -0.480 e. The van der Waals surface area contributed by atoms with Crippen LogP contribution in [0.3, 0.4) is 0 Å². The van der Waals surface area contributed by atoms with Crippen LogP contribution in [0.1, 0.15) is 26.2 Å². The molecule has 3 amide bonds. The lowest BCUT2D eigenvalue weighted by atomic mass is 10.1. The third-order valence-corrected chi connectivity index (χ3v) is 4.94. The smallest absolute Gasteiger partial charge is 0.320 e. The SMILES string of the molecule is CC(N)(N)CC(C=O)NC(=O)CSCC(NC(=O)CCC(N)C(=O)O)C(=O)NCC=O.CNCN.CO. The Hall–Kier alpha value is -2.67. The Balaban J connectivity index is -0.00000174. The fourth-order valence-electron chi connectivity index (χ4n) is 2.25. The van der Waals surface area contributed by atoms with E-state index in [2.05, 4.69) is 21.3 Å². The van der Waals surface area contributed by atoms with E-state index in [1.54, 1.807) is 7.05 Å². The van der Waals surface area contributed by atoms with Gasteiger partial charge in [0.25, 0.3) is 0 Å². The number of aliphatic hydroxyl groups is 1. The fraction of sp³-hybridized carbons (Fsp3) is 0.700. The third kappa shape index (κ3) is 24.8. The molecule has 0 aliphatic heterocycles. The van der Waals surface area contributed by atoms with Gasteiger partial charge in [0.2, 0.25) is 17.7 Å². The fourth-order valence-corrected chi connectivity index (χ4v) is 3.11. The van der Waals surface area contributed by atoms with Gasteiger partial charge >= 0.3 is 5.97 Å². The van der Waals surface area contributed by atoms with Crippen LogP contribution in [0.25, 0.3) is 0 Å². The summed E-state index contributed by atoms with van der Waals surface area (Å²) < 4.78 is 0. The van der Waals surface area contributed by atoms with E-state index in [0.29, 0.717) is 19.2 Å². The van der Waals surface area contributed by atoms with E-state index in [-0.39, 0.29) is 37.3 Å². The van der Waals surface area contributed by atoms with Gasteiger partial charge in [0.1, 0.15) is 24.7 Å². The number of carbonyl (C=O) groups is 6. The molecule has 0 radical (unpaired) electrons. The van der Waals surface area contributed by atoms with Gasteiger partial charge in [-0.2, -0.15) is 0 Å². The monoisotopic (exact) mass is 554 g/mol. The van der Waals surface area contributed by atoms with E-state index in [0.717, 1.165) is 18.9 Å². The summed E-state index contributed by atoms with van der Waals surface area (Å²) in [4.78, 5) is 68.4. The van der Waals surface area contributed by atoms with Crippen molar-refractivity contribution in [3.8, 4) is 0 Å². The number of hydrogen-bond acceptors (Lipinski definition) is 13. The van der Waals surface area contributed by atoms with Gasteiger partial charge in [0.15, 0.2) is 0 Å². The highest BCUT2D eigenvalue weighted by Gasteiger charge is 2.23. The number of aliphatic hydroxyl groups excluding tert-OH is 1. The molecule has 0 aromatic heterocycles. The molecule has 0 rings (SSSR count). The van der Waals surface area contributed by atoms with E-state index in [1.165, 1.54) is 6.92 Å². The van der Waals surface area contributed by atoms with Crippen molar-refractivity contribution in [2.45, 2.75) is 50.0 Å². The number of rotatable bonds is 17. The van der Waals surface area contributed by atoms with Crippen LogP contribution in [0, 0.1) is 0 Å². The van der Waals surface area contributed by atoms with Crippen LogP contribution in [-0.2, 0) is 28.8 Å². The highest BCUT2D eigenvalue weighted by atomic mass is 32.2. The maximum atomic E-state index is 12.1. The zero-order chi connectivity index (χ0) is 29.4. The number of amides is 3. The molecule has 0 saturated heterocycles. The number of carboxylic acids is 1. The van der Waals surface area contributed by atoms with Gasteiger partial charge < -0.3 is 64.0 Å². The van der Waals surface area contributed by atoms with Crippen LogP contribution in [0.15, 0.2) is 0 Å². The molecular weight excluding hydrogens is 512 g/mol. The third-order valence-electron chi connectivity index (χ3n) is 3.90. The first-order chi connectivity index (χ1) is 17.3. The average molecular weight is 555 g/mol. The van der Waals surface area contributed by atoms with Crippen molar-refractivity contribution in [3.05, 3.63) is 0 Å². The Kier molecular flexibility index (Phi) is 24.9. The molecule has 0 aliphatic carbocycles. The van der Waals surface area contributed by atoms with Crippen LogP contribution in [0.5, 0.6) is 0 Å². The van der Waals surface area contributed by atoms with Gasteiger partial charge in [-0.15, -0.1) is 11.8 Å². The predicted molar refractivity (Wildman–Crippen MR) is 139 cm³/mol. The zero-order valence-corrected chi connectivity index (χ0v) is 22.2. The minimum absolute atomic E-state index is 0.0217. The molecule has 0 saturated carbocycles. The second-order valence-electron chi connectivity index (χ2n) is 7.61.